The molecule has 1 saturated heterocycles. The molecule has 1 fully saturated rings. The minimum Gasteiger partial charge on any atom is -0.325 e. The zero-order valence-corrected chi connectivity index (χ0v) is 21.2. The molecule has 1 unspecified atom stereocenters. The molecule has 0 aromatic heterocycles. The van der Waals surface area contributed by atoms with Crippen molar-refractivity contribution in [3.05, 3.63) is 94.5 Å². The summed E-state index contributed by atoms with van der Waals surface area (Å²) in [5, 5.41) is 2.20. The van der Waals surface area contributed by atoms with Crippen molar-refractivity contribution in [1.82, 2.24) is 4.90 Å². The number of carbonyl (C=O) groups excluding carboxylic acids is 2. The minimum atomic E-state index is -4.52. The number of hydrogen-bond donors (Lipinski definition) is 1. The van der Waals surface area contributed by atoms with Gasteiger partial charge in [-0.1, -0.05) is 64.1 Å². The van der Waals surface area contributed by atoms with Crippen LogP contribution >= 0.6 is 27.7 Å². The van der Waals surface area contributed by atoms with E-state index >= 15 is 0 Å². The lowest BCUT2D eigenvalue weighted by molar-refractivity contribution is -0.137. The van der Waals surface area contributed by atoms with Crippen molar-refractivity contribution in [2.75, 3.05) is 11.9 Å². The quantitative estimate of drug-likeness (QED) is 0.357. The van der Waals surface area contributed by atoms with Gasteiger partial charge in [0.05, 0.1) is 11.3 Å². The van der Waals surface area contributed by atoms with Gasteiger partial charge in [-0.15, -0.1) is 0 Å². The van der Waals surface area contributed by atoms with Gasteiger partial charge in [0.15, 0.2) is 5.17 Å². The molecule has 3 aromatic rings. The van der Waals surface area contributed by atoms with Crippen LogP contribution in [-0.4, -0.2) is 33.7 Å². The molecule has 10 heteroatoms. The van der Waals surface area contributed by atoms with Gasteiger partial charge in [0.2, 0.25) is 11.8 Å². The Morgan fingerprint density at radius 1 is 1.06 bits per heavy atom. The van der Waals surface area contributed by atoms with E-state index in [9.17, 15) is 22.8 Å². The Balaban J connectivity index is 1.59. The van der Waals surface area contributed by atoms with Crippen LogP contribution in [0.25, 0.3) is 0 Å². The number of thioether (sulfide) groups is 1. The molecule has 0 spiro atoms. The van der Waals surface area contributed by atoms with Crippen LogP contribution in [0.15, 0.2) is 88.3 Å². The van der Waals surface area contributed by atoms with Gasteiger partial charge in [0, 0.05) is 23.1 Å². The zero-order chi connectivity index (χ0) is 25.7. The van der Waals surface area contributed by atoms with Crippen molar-refractivity contribution in [2.24, 2.45) is 4.99 Å². The first-order valence-corrected chi connectivity index (χ1v) is 12.7. The van der Waals surface area contributed by atoms with Crippen LogP contribution in [0.3, 0.4) is 0 Å². The van der Waals surface area contributed by atoms with Gasteiger partial charge in [-0.05, 0) is 54.4 Å². The summed E-state index contributed by atoms with van der Waals surface area (Å²) in [7, 11) is 0. The van der Waals surface area contributed by atoms with Gasteiger partial charge in [0.25, 0.3) is 0 Å². The lowest BCUT2D eigenvalue weighted by Crippen LogP contribution is -2.46. The second-order valence-corrected chi connectivity index (χ2v) is 10.1. The van der Waals surface area contributed by atoms with E-state index in [1.165, 1.54) is 17.0 Å². The van der Waals surface area contributed by atoms with Crippen LogP contribution in [0.1, 0.15) is 17.5 Å². The van der Waals surface area contributed by atoms with Crippen LogP contribution in [0.2, 0.25) is 0 Å². The SMILES string of the molecule is O=C(Nc1ccc(Br)cc1)C1CC(=O)N(CCc2ccccc2)C(=Nc2cccc(C(F)(F)F)c2)S1. The molecule has 3 aromatic carbocycles. The summed E-state index contributed by atoms with van der Waals surface area (Å²) in [5.41, 5.74) is 0.790. The number of nitrogens with zero attached hydrogens (tertiary/aromatic N) is 2. The topological polar surface area (TPSA) is 61.8 Å². The fourth-order valence-electron chi connectivity index (χ4n) is 3.57. The van der Waals surface area contributed by atoms with Gasteiger partial charge in [-0.2, -0.15) is 13.2 Å². The molecule has 0 saturated carbocycles. The largest absolute Gasteiger partial charge is 0.416 e. The number of anilines is 1. The molecule has 2 amide bonds. The predicted octanol–water partition coefficient (Wildman–Crippen LogP) is 6.67. The van der Waals surface area contributed by atoms with Crippen molar-refractivity contribution < 1.29 is 22.8 Å². The number of hydrogen-bond acceptors (Lipinski definition) is 4. The number of amidine groups is 1. The van der Waals surface area contributed by atoms with Crippen molar-refractivity contribution >= 4 is 56.0 Å². The van der Waals surface area contributed by atoms with E-state index in [4.69, 9.17) is 0 Å². The number of aliphatic imine (C=N–C) groups is 1. The van der Waals surface area contributed by atoms with E-state index in [2.05, 4.69) is 26.2 Å². The molecular formula is C26H21BrF3N3O2S. The first-order valence-electron chi connectivity index (χ1n) is 11.0. The van der Waals surface area contributed by atoms with Crippen molar-refractivity contribution in [3.8, 4) is 0 Å². The Morgan fingerprint density at radius 2 is 1.78 bits per heavy atom. The number of rotatable bonds is 6. The molecular weight excluding hydrogens is 555 g/mol. The van der Waals surface area contributed by atoms with E-state index in [0.29, 0.717) is 12.1 Å². The second kappa shape index (κ2) is 11.3. The highest BCUT2D eigenvalue weighted by molar-refractivity contribution is 9.10. The maximum absolute atomic E-state index is 13.2. The molecule has 1 aliphatic rings. The third kappa shape index (κ3) is 6.76. The molecule has 0 bridgehead atoms. The van der Waals surface area contributed by atoms with E-state index in [0.717, 1.165) is 33.9 Å². The maximum atomic E-state index is 13.2. The van der Waals surface area contributed by atoms with Gasteiger partial charge >= 0.3 is 6.18 Å². The Morgan fingerprint density at radius 3 is 2.47 bits per heavy atom. The van der Waals surface area contributed by atoms with Crippen LogP contribution in [0.5, 0.6) is 0 Å². The molecule has 1 N–H and O–H groups in total. The first-order chi connectivity index (χ1) is 17.2. The third-order valence-electron chi connectivity index (χ3n) is 5.41. The van der Waals surface area contributed by atoms with E-state index in [1.807, 2.05) is 30.3 Å². The molecule has 5 nitrogen and oxygen atoms in total. The minimum absolute atomic E-state index is 0.0522. The number of alkyl halides is 3. The van der Waals surface area contributed by atoms with Crippen molar-refractivity contribution in [3.63, 3.8) is 0 Å². The highest BCUT2D eigenvalue weighted by Gasteiger charge is 2.36. The molecule has 0 radical (unpaired) electrons. The third-order valence-corrected chi connectivity index (χ3v) is 7.13. The van der Waals surface area contributed by atoms with Gasteiger partial charge < -0.3 is 5.32 Å². The average Bonchev–Trinajstić information content (AvgIpc) is 2.85. The van der Waals surface area contributed by atoms with Crippen LogP contribution < -0.4 is 5.32 Å². The summed E-state index contributed by atoms with van der Waals surface area (Å²) in [6.45, 7) is 0.286. The summed E-state index contributed by atoms with van der Waals surface area (Å²) in [6.07, 6.45) is -4.04. The molecule has 1 aliphatic heterocycles. The average molecular weight is 576 g/mol. The normalized spacial score (nSPS) is 17.3. The molecule has 0 aliphatic carbocycles. The number of nitrogens with one attached hydrogen (secondary N) is 1. The molecule has 186 valence electrons. The van der Waals surface area contributed by atoms with E-state index in [-0.39, 0.29) is 35.6 Å². The standard InChI is InChI=1S/C26H21BrF3N3O2S/c27-19-9-11-20(12-10-19)31-24(35)22-16-23(34)33(14-13-17-5-2-1-3-6-17)25(36-22)32-21-8-4-7-18(15-21)26(28,29)30/h1-12,15,22H,13-14,16H2,(H,31,35). The van der Waals surface area contributed by atoms with Crippen LogP contribution in [0, 0.1) is 0 Å². The van der Waals surface area contributed by atoms with Crippen LogP contribution in [0.4, 0.5) is 24.5 Å². The van der Waals surface area contributed by atoms with Crippen molar-refractivity contribution in [2.45, 2.75) is 24.3 Å². The number of carbonyl (C=O) groups is 2. The molecule has 4 rings (SSSR count). The highest BCUT2D eigenvalue weighted by atomic mass is 79.9. The Labute approximate surface area is 218 Å². The maximum Gasteiger partial charge on any atom is 0.416 e. The molecule has 1 heterocycles. The predicted molar refractivity (Wildman–Crippen MR) is 139 cm³/mol. The lowest BCUT2D eigenvalue weighted by Gasteiger charge is -2.32. The summed E-state index contributed by atoms with van der Waals surface area (Å²) < 4.78 is 40.5. The summed E-state index contributed by atoms with van der Waals surface area (Å²) >= 11 is 4.41. The Bertz CT molecular complexity index is 1270. The fraction of sp³-hybridized carbons (Fsp3) is 0.192. The Hall–Kier alpha value is -3.11. The van der Waals surface area contributed by atoms with Crippen LogP contribution in [-0.2, 0) is 22.2 Å². The lowest BCUT2D eigenvalue weighted by atomic mass is 10.1. The smallest absolute Gasteiger partial charge is 0.325 e. The summed E-state index contributed by atoms with van der Waals surface area (Å²) in [5.74, 6) is -0.693. The first kappa shape index (κ1) is 26.0. The number of halogens is 4. The van der Waals surface area contributed by atoms with Gasteiger partial charge in [-0.25, -0.2) is 4.99 Å². The van der Waals surface area contributed by atoms with Gasteiger partial charge in [-0.3, -0.25) is 14.5 Å². The molecule has 36 heavy (non-hydrogen) atoms. The number of amides is 2. The second-order valence-electron chi connectivity index (χ2n) is 8.03. The van der Waals surface area contributed by atoms with E-state index in [1.54, 1.807) is 24.3 Å². The monoisotopic (exact) mass is 575 g/mol. The van der Waals surface area contributed by atoms with E-state index < -0.39 is 17.0 Å². The molecule has 1 atom stereocenters. The fourth-order valence-corrected chi connectivity index (χ4v) is 4.95. The van der Waals surface area contributed by atoms with Crippen molar-refractivity contribution in [1.29, 1.82) is 0 Å². The highest BCUT2D eigenvalue weighted by Crippen LogP contribution is 2.34. The zero-order valence-electron chi connectivity index (χ0n) is 18.8. The Kier molecular flexibility index (Phi) is 8.15. The van der Waals surface area contributed by atoms with Gasteiger partial charge in [0.1, 0.15) is 5.25 Å². The summed E-state index contributed by atoms with van der Waals surface area (Å²) in [6, 6.07) is 21.1. The summed E-state index contributed by atoms with van der Waals surface area (Å²) in [4.78, 5) is 31.9. The number of benzene rings is 3.